The third-order valence-electron chi connectivity index (χ3n) is 4.56. The minimum absolute atomic E-state index is 0.0673. The number of nitrogens with one attached hydrogen (secondary N) is 1. The van der Waals surface area contributed by atoms with Crippen molar-refractivity contribution in [3.63, 3.8) is 0 Å². The Kier molecular flexibility index (Phi) is 4.50. The predicted molar refractivity (Wildman–Crippen MR) is 97.2 cm³/mol. The zero-order valence-corrected chi connectivity index (χ0v) is 14.4. The van der Waals surface area contributed by atoms with Crippen molar-refractivity contribution in [3.05, 3.63) is 71.8 Å². The lowest BCUT2D eigenvalue weighted by molar-refractivity contribution is -0.128. The number of aromatic nitrogens is 2. The second-order valence-corrected chi connectivity index (χ2v) is 6.51. The Balaban J connectivity index is 1.45. The van der Waals surface area contributed by atoms with E-state index in [1.165, 1.54) is 12.1 Å². The van der Waals surface area contributed by atoms with Crippen LogP contribution in [0.5, 0.6) is 0 Å². The number of rotatable bonds is 4. The molecule has 2 heterocycles. The maximum Gasteiger partial charge on any atom is 0.253 e. The molecule has 0 radical (unpaired) electrons. The molecule has 1 aliphatic heterocycles. The third-order valence-corrected chi connectivity index (χ3v) is 4.56. The highest BCUT2D eigenvalue weighted by Crippen LogP contribution is 2.18. The number of carbonyl (C=O) groups excluding carboxylic acids is 2. The molecular weight excluding hydrogens is 347 g/mol. The lowest BCUT2D eigenvalue weighted by atomic mass is 10.1. The quantitative estimate of drug-likeness (QED) is 0.771. The molecule has 1 fully saturated rings. The summed E-state index contributed by atoms with van der Waals surface area (Å²) in [4.78, 5) is 35.0. The Morgan fingerprint density at radius 1 is 1.19 bits per heavy atom. The van der Waals surface area contributed by atoms with Crippen molar-refractivity contribution >= 4 is 22.8 Å². The summed E-state index contributed by atoms with van der Waals surface area (Å²) in [5.74, 6) is -0.685. The molecule has 1 saturated heterocycles. The SMILES string of the molecule is O=C(N[C@@H]1CC(=O)N(Cc2cccc(F)c2)C1)c1cccc2nccnc12. The molecule has 27 heavy (non-hydrogen) atoms. The van der Waals surface area contributed by atoms with Crippen molar-refractivity contribution < 1.29 is 14.0 Å². The first-order valence-electron chi connectivity index (χ1n) is 8.63. The molecule has 1 aliphatic rings. The number of halogens is 1. The zero-order valence-electron chi connectivity index (χ0n) is 14.4. The van der Waals surface area contributed by atoms with Gasteiger partial charge in [-0.2, -0.15) is 0 Å². The van der Waals surface area contributed by atoms with Crippen LogP contribution in [0.15, 0.2) is 54.9 Å². The molecule has 3 aromatic rings. The molecule has 0 spiro atoms. The summed E-state index contributed by atoms with van der Waals surface area (Å²) in [7, 11) is 0. The van der Waals surface area contributed by atoms with Gasteiger partial charge in [0, 0.05) is 31.9 Å². The first-order chi connectivity index (χ1) is 13.1. The number of hydrogen-bond donors (Lipinski definition) is 1. The van der Waals surface area contributed by atoms with Gasteiger partial charge in [-0.15, -0.1) is 0 Å². The number of hydrogen-bond acceptors (Lipinski definition) is 4. The van der Waals surface area contributed by atoms with E-state index in [1.807, 2.05) is 0 Å². The highest BCUT2D eigenvalue weighted by Gasteiger charge is 2.31. The molecule has 7 heteroatoms. The summed E-state index contributed by atoms with van der Waals surface area (Å²) in [5.41, 5.74) is 2.31. The van der Waals surface area contributed by atoms with E-state index in [2.05, 4.69) is 15.3 Å². The lowest BCUT2D eigenvalue weighted by Gasteiger charge is -2.17. The zero-order chi connectivity index (χ0) is 18.8. The molecule has 136 valence electrons. The molecule has 0 saturated carbocycles. The van der Waals surface area contributed by atoms with E-state index in [9.17, 15) is 14.0 Å². The minimum Gasteiger partial charge on any atom is -0.347 e. The number of fused-ring (bicyclic) bond motifs is 1. The fourth-order valence-corrected chi connectivity index (χ4v) is 3.32. The second kappa shape index (κ2) is 7.11. The number of amides is 2. The molecule has 0 unspecified atom stereocenters. The van der Waals surface area contributed by atoms with E-state index >= 15 is 0 Å². The van der Waals surface area contributed by atoms with E-state index in [0.717, 1.165) is 5.56 Å². The van der Waals surface area contributed by atoms with Crippen molar-refractivity contribution in [2.75, 3.05) is 6.54 Å². The van der Waals surface area contributed by atoms with Crippen LogP contribution in [-0.4, -0.2) is 39.3 Å². The molecule has 1 aromatic heterocycles. The Morgan fingerprint density at radius 2 is 2.00 bits per heavy atom. The van der Waals surface area contributed by atoms with E-state index < -0.39 is 0 Å². The van der Waals surface area contributed by atoms with E-state index in [1.54, 1.807) is 47.6 Å². The number of nitrogens with zero attached hydrogens (tertiary/aromatic N) is 3. The molecule has 4 rings (SSSR count). The largest absolute Gasteiger partial charge is 0.347 e. The molecule has 2 amide bonds. The summed E-state index contributed by atoms with van der Waals surface area (Å²) in [6.07, 6.45) is 3.33. The van der Waals surface area contributed by atoms with Crippen LogP contribution < -0.4 is 5.32 Å². The van der Waals surface area contributed by atoms with Gasteiger partial charge in [-0.05, 0) is 29.8 Å². The Bertz CT molecular complexity index is 1020. The standard InChI is InChI=1S/C20H17FN4O2/c21-14-4-1-3-13(9-14)11-25-12-15(10-18(25)26)24-20(27)16-5-2-6-17-19(16)23-8-7-22-17/h1-9,15H,10-12H2,(H,24,27)/t15-/m1/s1. The van der Waals surface area contributed by atoms with Crippen LogP contribution in [0.2, 0.25) is 0 Å². The number of carbonyl (C=O) groups is 2. The number of benzene rings is 2. The smallest absolute Gasteiger partial charge is 0.253 e. The van der Waals surface area contributed by atoms with E-state index in [-0.39, 0.29) is 30.1 Å². The van der Waals surface area contributed by atoms with Crippen LogP contribution in [0.3, 0.4) is 0 Å². The van der Waals surface area contributed by atoms with Crippen molar-refractivity contribution in [1.82, 2.24) is 20.2 Å². The average Bonchev–Trinajstić information content (AvgIpc) is 3.00. The maximum absolute atomic E-state index is 13.3. The monoisotopic (exact) mass is 364 g/mol. The second-order valence-electron chi connectivity index (χ2n) is 6.51. The Labute approximate surface area is 155 Å². The van der Waals surface area contributed by atoms with E-state index in [4.69, 9.17) is 0 Å². The van der Waals surface area contributed by atoms with Gasteiger partial charge >= 0.3 is 0 Å². The van der Waals surface area contributed by atoms with Gasteiger partial charge in [-0.25, -0.2) is 4.39 Å². The van der Waals surface area contributed by atoms with Crippen LogP contribution >= 0.6 is 0 Å². The van der Waals surface area contributed by atoms with Gasteiger partial charge in [-0.3, -0.25) is 19.6 Å². The molecule has 2 aromatic carbocycles. The number of likely N-dealkylation sites (tertiary alicyclic amines) is 1. The third kappa shape index (κ3) is 3.62. The van der Waals surface area contributed by atoms with Gasteiger partial charge in [0.1, 0.15) is 11.3 Å². The summed E-state index contributed by atoms with van der Waals surface area (Å²) >= 11 is 0. The Hall–Kier alpha value is -3.35. The van der Waals surface area contributed by atoms with Crippen LogP contribution in [0.1, 0.15) is 22.3 Å². The van der Waals surface area contributed by atoms with Crippen LogP contribution in [0.25, 0.3) is 11.0 Å². The van der Waals surface area contributed by atoms with Crippen LogP contribution in [0.4, 0.5) is 4.39 Å². The summed E-state index contributed by atoms with van der Waals surface area (Å²) in [6.45, 7) is 0.709. The molecule has 0 aliphatic carbocycles. The van der Waals surface area contributed by atoms with Gasteiger partial charge in [0.05, 0.1) is 17.1 Å². The highest BCUT2D eigenvalue weighted by molar-refractivity contribution is 6.04. The topological polar surface area (TPSA) is 75.2 Å². The highest BCUT2D eigenvalue weighted by atomic mass is 19.1. The summed E-state index contributed by atoms with van der Waals surface area (Å²) in [6, 6.07) is 11.1. The minimum atomic E-state index is -0.332. The average molecular weight is 364 g/mol. The maximum atomic E-state index is 13.3. The summed E-state index contributed by atoms with van der Waals surface area (Å²) < 4.78 is 13.3. The van der Waals surface area contributed by atoms with Crippen molar-refractivity contribution in [2.45, 2.75) is 19.0 Å². The Morgan fingerprint density at radius 3 is 2.85 bits per heavy atom. The van der Waals surface area contributed by atoms with Crippen molar-refractivity contribution in [1.29, 1.82) is 0 Å². The van der Waals surface area contributed by atoms with Crippen molar-refractivity contribution in [3.8, 4) is 0 Å². The number of para-hydroxylation sites is 1. The van der Waals surface area contributed by atoms with Crippen molar-refractivity contribution in [2.24, 2.45) is 0 Å². The fourth-order valence-electron chi connectivity index (χ4n) is 3.32. The fraction of sp³-hybridized carbons (Fsp3) is 0.200. The van der Waals surface area contributed by atoms with Gasteiger partial charge in [0.25, 0.3) is 5.91 Å². The van der Waals surface area contributed by atoms with Crippen LogP contribution in [0, 0.1) is 5.82 Å². The molecule has 1 N–H and O–H groups in total. The van der Waals surface area contributed by atoms with Crippen LogP contribution in [-0.2, 0) is 11.3 Å². The molecule has 0 bridgehead atoms. The predicted octanol–water partition coefficient (Wildman–Crippen LogP) is 2.30. The van der Waals surface area contributed by atoms with E-state index in [0.29, 0.717) is 29.7 Å². The molecule has 1 atom stereocenters. The first-order valence-corrected chi connectivity index (χ1v) is 8.63. The van der Waals surface area contributed by atoms with Gasteiger partial charge in [0.15, 0.2) is 0 Å². The first kappa shape index (κ1) is 17.1. The van der Waals surface area contributed by atoms with Gasteiger partial charge in [-0.1, -0.05) is 18.2 Å². The van der Waals surface area contributed by atoms with Gasteiger partial charge in [0.2, 0.25) is 5.91 Å². The van der Waals surface area contributed by atoms with Gasteiger partial charge < -0.3 is 10.2 Å². The normalized spacial score (nSPS) is 16.7. The molecular formula is C20H17FN4O2. The summed E-state index contributed by atoms with van der Waals surface area (Å²) in [5, 5.41) is 2.90. The molecule has 6 nitrogen and oxygen atoms in total. The lowest BCUT2D eigenvalue weighted by Crippen LogP contribution is -2.37.